The van der Waals surface area contributed by atoms with Gasteiger partial charge in [-0.05, 0) is 20.8 Å². The summed E-state index contributed by atoms with van der Waals surface area (Å²) in [6, 6.07) is 4.17. The fourth-order valence-corrected chi connectivity index (χ4v) is 1.87. The van der Waals surface area contributed by atoms with Gasteiger partial charge >= 0.3 is 0 Å². The summed E-state index contributed by atoms with van der Waals surface area (Å²) in [4.78, 5) is 11.0. The summed E-state index contributed by atoms with van der Waals surface area (Å²) in [6.07, 6.45) is 0. The van der Waals surface area contributed by atoms with Crippen molar-refractivity contribution in [2.45, 2.75) is 27.4 Å². The van der Waals surface area contributed by atoms with Crippen LogP contribution in [0.5, 0.6) is 0 Å². The largest absolute Gasteiger partial charge is 0.377 e. The van der Waals surface area contributed by atoms with Crippen LogP contribution >= 0.6 is 0 Å². The minimum absolute atomic E-state index is 0.0432. The molecule has 0 radical (unpaired) electrons. The predicted octanol–water partition coefficient (Wildman–Crippen LogP) is 2.04. The Labute approximate surface area is 120 Å². The Kier molecular flexibility index (Phi) is 6.74. The first-order chi connectivity index (χ1) is 9.64. The van der Waals surface area contributed by atoms with Gasteiger partial charge in [0.15, 0.2) is 5.82 Å². The number of nitrogens with zero attached hydrogens (tertiary/aromatic N) is 4. The Morgan fingerprint density at radius 1 is 1.45 bits per heavy atom. The highest BCUT2D eigenvalue weighted by atomic mass is 16.5. The monoisotopic (exact) mass is 277 g/mol. The van der Waals surface area contributed by atoms with E-state index in [9.17, 15) is 0 Å². The average Bonchev–Trinajstić information content (AvgIpc) is 2.44. The third-order valence-corrected chi connectivity index (χ3v) is 2.81. The molecular weight excluding hydrogens is 254 g/mol. The summed E-state index contributed by atoms with van der Waals surface area (Å²) >= 11 is 0. The number of nitriles is 1. The van der Waals surface area contributed by atoms with Crippen LogP contribution in [0.1, 0.15) is 26.6 Å². The molecule has 0 aliphatic carbocycles. The molecule has 1 heterocycles. The van der Waals surface area contributed by atoms with Gasteiger partial charge in [0.1, 0.15) is 18.2 Å². The Balaban J connectivity index is 3.03. The molecule has 0 aliphatic rings. The fraction of sp³-hybridized carbons (Fsp3) is 0.643. The van der Waals surface area contributed by atoms with Crippen molar-refractivity contribution in [2.24, 2.45) is 5.92 Å². The third kappa shape index (κ3) is 4.67. The molecule has 1 aromatic heterocycles. The van der Waals surface area contributed by atoms with Crippen LogP contribution in [0, 0.1) is 17.2 Å². The number of anilines is 2. The molecule has 0 bridgehead atoms. The van der Waals surface area contributed by atoms with Crippen LogP contribution < -0.4 is 10.2 Å². The zero-order valence-electron chi connectivity index (χ0n) is 12.7. The molecule has 0 amide bonds. The van der Waals surface area contributed by atoms with E-state index in [0.717, 1.165) is 24.7 Å². The van der Waals surface area contributed by atoms with Crippen molar-refractivity contribution in [1.82, 2.24) is 9.97 Å². The number of rotatable bonds is 8. The van der Waals surface area contributed by atoms with E-state index in [1.165, 1.54) is 0 Å². The molecule has 1 rings (SSSR count). The van der Waals surface area contributed by atoms with Crippen LogP contribution in [0.3, 0.4) is 0 Å². The van der Waals surface area contributed by atoms with E-state index < -0.39 is 0 Å². The predicted molar refractivity (Wildman–Crippen MR) is 79.6 cm³/mol. The molecule has 1 N–H and O–H groups in total. The van der Waals surface area contributed by atoms with E-state index in [4.69, 9.17) is 10.00 Å². The quantitative estimate of drug-likeness (QED) is 0.784. The smallest absolute Gasteiger partial charge is 0.158 e. The Bertz CT molecular complexity index is 433. The lowest BCUT2D eigenvalue weighted by Gasteiger charge is -2.24. The van der Waals surface area contributed by atoms with Crippen molar-refractivity contribution in [1.29, 1.82) is 5.26 Å². The number of methoxy groups -OCH3 is 1. The van der Waals surface area contributed by atoms with E-state index in [2.05, 4.69) is 33.2 Å². The standard InChI is InChI=1S/C14H23N5O/c1-5-16-12-7-14(18-13(17-12)10-20-4)19(6-2)9-11(3)8-15/h7,11H,5-6,9-10H2,1-4H3,(H,16,17,18). The van der Waals surface area contributed by atoms with Crippen molar-refractivity contribution in [2.75, 3.05) is 37.0 Å². The number of aromatic nitrogens is 2. The van der Waals surface area contributed by atoms with E-state index in [1.807, 2.05) is 19.9 Å². The second-order valence-corrected chi connectivity index (χ2v) is 4.56. The molecule has 110 valence electrons. The Morgan fingerprint density at radius 2 is 2.20 bits per heavy atom. The third-order valence-electron chi connectivity index (χ3n) is 2.81. The number of hydrogen-bond acceptors (Lipinski definition) is 6. The fourth-order valence-electron chi connectivity index (χ4n) is 1.87. The first-order valence-corrected chi connectivity index (χ1v) is 6.89. The zero-order chi connectivity index (χ0) is 15.0. The normalized spacial score (nSPS) is 11.8. The van der Waals surface area contributed by atoms with Gasteiger partial charge in [-0.2, -0.15) is 5.26 Å². The molecule has 6 nitrogen and oxygen atoms in total. The van der Waals surface area contributed by atoms with Gasteiger partial charge in [-0.25, -0.2) is 9.97 Å². The summed E-state index contributed by atoms with van der Waals surface area (Å²) < 4.78 is 5.11. The van der Waals surface area contributed by atoms with E-state index >= 15 is 0 Å². The molecule has 1 atom stereocenters. The summed E-state index contributed by atoms with van der Waals surface area (Å²) in [5.74, 6) is 2.21. The van der Waals surface area contributed by atoms with Crippen LogP contribution in [-0.4, -0.2) is 36.7 Å². The molecule has 0 saturated carbocycles. The lowest BCUT2D eigenvalue weighted by Crippen LogP contribution is -2.29. The van der Waals surface area contributed by atoms with Gasteiger partial charge in [0.25, 0.3) is 0 Å². The topological polar surface area (TPSA) is 74.1 Å². The van der Waals surface area contributed by atoms with Crippen molar-refractivity contribution >= 4 is 11.6 Å². The van der Waals surface area contributed by atoms with Crippen LogP contribution in [0.4, 0.5) is 11.6 Å². The van der Waals surface area contributed by atoms with Crippen LogP contribution in [0.2, 0.25) is 0 Å². The van der Waals surface area contributed by atoms with Gasteiger partial charge in [-0.1, -0.05) is 0 Å². The summed E-state index contributed by atoms with van der Waals surface area (Å²) in [6.45, 7) is 8.59. The first-order valence-electron chi connectivity index (χ1n) is 6.89. The van der Waals surface area contributed by atoms with Gasteiger partial charge in [0.05, 0.1) is 12.0 Å². The van der Waals surface area contributed by atoms with Gasteiger partial charge in [0.2, 0.25) is 0 Å². The van der Waals surface area contributed by atoms with Crippen LogP contribution in [-0.2, 0) is 11.3 Å². The van der Waals surface area contributed by atoms with Crippen LogP contribution in [0.15, 0.2) is 6.07 Å². The van der Waals surface area contributed by atoms with Gasteiger partial charge in [-0.3, -0.25) is 0 Å². The highest BCUT2D eigenvalue weighted by molar-refractivity contribution is 5.49. The summed E-state index contributed by atoms with van der Waals surface area (Å²) in [7, 11) is 1.62. The minimum atomic E-state index is -0.0432. The summed E-state index contributed by atoms with van der Waals surface area (Å²) in [5.41, 5.74) is 0. The maximum Gasteiger partial charge on any atom is 0.158 e. The lowest BCUT2D eigenvalue weighted by atomic mass is 10.2. The van der Waals surface area contributed by atoms with E-state index in [-0.39, 0.29) is 5.92 Å². The van der Waals surface area contributed by atoms with Crippen molar-refractivity contribution in [3.8, 4) is 6.07 Å². The molecule has 0 saturated heterocycles. The van der Waals surface area contributed by atoms with Crippen molar-refractivity contribution < 1.29 is 4.74 Å². The SMILES string of the molecule is CCNc1cc(N(CC)CC(C)C#N)nc(COC)n1. The molecular formula is C14H23N5O. The number of hydrogen-bond donors (Lipinski definition) is 1. The highest BCUT2D eigenvalue weighted by Gasteiger charge is 2.13. The Hall–Kier alpha value is -1.87. The maximum absolute atomic E-state index is 8.96. The second-order valence-electron chi connectivity index (χ2n) is 4.56. The molecule has 1 aromatic rings. The molecule has 0 spiro atoms. The van der Waals surface area contributed by atoms with E-state index in [0.29, 0.717) is 19.0 Å². The highest BCUT2D eigenvalue weighted by Crippen LogP contribution is 2.17. The average molecular weight is 277 g/mol. The number of ether oxygens (including phenoxy) is 1. The van der Waals surface area contributed by atoms with Crippen molar-refractivity contribution in [3.63, 3.8) is 0 Å². The molecule has 0 aromatic carbocycles. The maximum atomic E-state index is 8.96. The number of nitrogens with one attached hydrogen (secondary N) is 1. The Morgan fingerprint density at radius 3 is 2.75 bits per heavy atom. The molecule has 6 heteroatoms. The molecule has 20 heavy (non-hydrogen) atoms. The van der Waals surface area contributed by atoms with Gasteiger partial charge < -0.3 is 15.0 Å². The van der Waals surface area contributed by atoms with Crippen LogP contribution in [0.25, 0.3) is 0 Å². The van der Waals surface area contributed by atoms with Gasteiger partial charge in [-0.15, -0.1) is 0 Å². The lowest BCUT2D eigenvalue weighted by molar-refractivity contribution is 0.178. The molecule has 0 aliphatic heterocycles. The molecule has 1 unspecified atom stereocenters. The minimum Gasteiger partial charge on any atom is -0.377 e. The zero-order valence-corrected chi connectivity index (χ0v) is 12.7. The van der Waals surface area contributed by atoms with Crippen molar-refractivity contribution in [3.05, 3.63) is 11.9 Å². The second kappa shape index (κ2) is 8.33. The van der Waals surface area contributed by atoms with Gasteiger partial charge in [0, 0.05) is 32.8 Å². The summed E-state index contributed by atoms with van der Waals surface area (Å²) in [5, 5.41) is 12.2. The molecule has 0 fully saturated rings. The van der Waals surface area contributed by atoms with E-state index in [1.54, 1.807) is 7.11 Å². The first kappa shape index (κ1) is 16.2.